The second-order valence-electron chi connectivity index (χ2n) is 0.470. The van der Waals surface area contributed by atoms with E-state index in [0.29, 0.717) is 0 Å². The smallest absolute Gasteiger partial charge is 0.0650 e. The molecular weight excluding hydrogens is 199 g/mol. The zero-order chi connectivity index (χ0) is 4.12. The summed E-state index contributed by atoms with van der Waals surface area (Å²) in [5.74, 6) is 0. The summed E-state index contributed by atoms with van der Waals surface area (Å²) in [5.41, 5.74) is 0. The van der Waals surface area contributed by atoms with E-state index >= 15 is 0 Å². The van der Waals surface area contributed by atoms with E-state index < -0.39 is 0 Å². The molecule has 1 nitrogen and oxygen atoms in total. The van der Waals surface area contributed by atoms with Crippen molar-refractivity contribution in [2.75, 3.05) is 6.61 Å². The highest BCUT2D eigenvalue weighted by atomic mass is 127. The van der Waals surface area contributed by atoms with Gasteiger partial charge in [0.15, 0.2) is 0 Å². The van der Waals surface area contributed by atoms with E-state index in [9.17, 15) is 0 Å². The quantitative estimate of drug-likeness (QED) is 0.502. The van der Waals surface area contributed by atoms with Crippen molar-refractivity contribution in [1.82, 2.24) is 0 Å². The predicted octanol–water partition coefficient (Wildman–Crippen LogP) is 2.02. The Kier molecular flexibility index (Phi) is 6.09. The van der Waals surface area contributed by atoms with E-state index in [4.69, 9.17) is 4.18 Å². The van der Waals surface area contributed by atoms with Gasteiger partial charge in [0, 0.05) is 21.2 Å². The summed E-state index contributed by atoms with van der Waals surface area (Å²) in [5, 5.41) is 0. The van der Waals surface area contributed by atoms with Crippen molar-refractivity contribution in [3.05, 3.63) is 0 Å². The SMILES string of the molecule is CCOSI. The molecule has 0 amide bonds. The van der Waals surface area contributed by atoms with Crippen molar-refractivity contribution in [1.29, 1.82) is 0 Å². The van der Waals surface area contributed by atoms with Crippen LogP contribution < -0.4 is 0 Å². The molecular formula is C2H5IOS. The van der Waals surface area contributed by atoms with Gasteiger partial charge in [-0.3, -0.25) is 0 Å². The molecule has 0 saturated carbocycles. The fourth-order valence-corrected chi connectivity index (χ4v) is 0.896. The van der Waals surface area contributed by atoms with E-state index in [1.165, 1.54) is 9.21 Å². The molecule has 0 unspecified atom stereocenters. The van der Waals surface area contributed by atoms with Gasteiger partial charge in [0.25, 0.3) is 0 Å². The predicted molar refractivity (Wildman–Crippen MR) is 33.2 cm³/mol. The Labute approximate surface area is 48.3 Å². The van der Waals surface area contributed by atoms with Crippen LogP contribution in [-0.2, 0) is 4.18 Å². The number of hydrogen-bond donors (Lipinski definition) is 0. The zero-order valence-corrected chi connectivity index (χ0v) is 5.88. The molecule has 0 saturated heterocycles. The zero-order valence-electron chi connectivity index (χ0n) is 2.90. The van der Waals surface area contributed by atoms with Crippen molar-refractivity contribution in [2.24, 2.45) is 0 Å². The summed E-state index contributed by atoms with van der Waals surface area (Å²) in [6, 6.07) is 0. The number of halogens is 1. The minimum absolute atomic E-state index is 0.799. The van der Waals surface area contributed by atoms with Gasteiger partial charge in [-0.15, -0.1) is 0 Å². The molecule has 0 bridgehead atoms. The second-order valence-corrected chi connectivity index (χ2v) is 1.91. The Bertz CT molecular complexity index is 17.1. The highest BCUT2D eigenvalue weighted by Crippen LogP contribution is 2.10. The largest absolute Gasteiger partial charge is 0.306 e. The summed E-state index contributed by atoms with van der Waals surface area (Å²) in [6.45, 7) is 2.76. The van der Waals surface area contributed by atoms with Gasteiger partial charge in [-0.1, -0.05) is 0 Å². The average Bonchev–Trinajstić information content (AvgIpc) is 1.41. The standard InChI is InChI=1S/C2H5IOS/c1-2-4-5-3/h2H2,1H3. The Morgan fingerprint density at radius 1 is 2.00 bits per heavy atom. The van der Waals surface area contributed by atoms with Crippen LogP contribution in [0, 0.1) is 0 Å². The fraction of sp³-hybridized carbons (Fsp3) is 1.00. The van der Waals surface area contributed by atoms with Crippen LogP contribution in [0.5, 0.6) is 0 Å². The lowest BCUT2D eigenvalue weighted by Gasteiger charge is -1.81. The van der Waals surface area contributed by atoms with Gasteiger partial charge in [0.2, 0.25) is 0 Å². The summed E-state index contributed by atoms with van der Waals surface area (Å²) in [6.07, 6.45) is 0. The Morgan fingerprint density at radius 3 is 2.60 bits per heavy atom. The molecule has 0 fully saturated rings. The van der Waals surface area contributed by atoms with Crippen LogP contribution in [0.1, 0.15) is 6.92 Å². The molecule has 32 valence electrons. The fourth-order valence-electron chi connectivity index (χ4n) is 0.0445. The molecule has 0 aliphatic carbocycles. The Balaban J connectivity index is 2.19. The third-order valence-electron chi connectivity index (χ3n) is 0.162. The molecule has 0 spiro atoms. The van der Waals surface area contributed by atoms with Crippen molar-refractivity contribution in [3.8, 4) is 0 Å². The lowest BCUT2D eigenvalue weighted by Crippen LogP contribution is -1.67. The maximum atomic E-state index is 4.74. The normalized spacial score (nSPS) is 8.40. The highest BCUT2D eigenvalue weighted by molar-refractivity contribution is 14.2. The third kappa shape index (κ3) is 5.04. The monoisotopic (exact) mass is 204 g/mol. The van der Waals surface area contributed by atoms with Crippen LogP contribution in [0.15, 0.2) is 0 Å². The molecule has 0 radical (unpaired) electrons. The van der Waals surface area contributed by atoms with Crippen LogP contribution in [0.3, 0.4) is 0 Å². The molecule has 0 aliphatic rings. The molecule has 0 aromatic heterocycles. The van der Waals surface area contributed by atoms with Crippen LogP contribution in [0.25, 0.3) is 0 Å². The molecule has 5 heavy (non-hydrogen) atoms. The highest BCUT2D eigenvalue weighted by Gasteiger charge is 1.67. The summed E-state index contributed by atoms with van der Waals surface area (Å²) >= 11 is 2.08. The van der Waals surface area contributed by atoms with E-state index in [0.717, 1.165) is 6.61 Å². The minimum atomic E-state index is 0.799. The summed E-state index contributed by atoms with van der Waals surface area (Å²) < 4.78 is 4.74. The van der Waals surface area contributed by atoms with Gasteiger partial charge in [0.1, 0.15) is 0 Å². The molecule has 0 atom stereocenters. The van der Waals surface area contributed by atoms with Gasteiger partial charge < -0.3 is 4.18 Å². The second kappa shape index (κ2) is 5.04. The van der Waals surface area contributed by atoms with Gasteiger partial charge in [-0.2, -0.15) is 0 Å². The molecule has 3 heteroatoms. The Morgan fingerprint density at radius 2 is 2.60 bits per heavy atom. The molecule has 0 N–H and O–H groups in total. The van der Waals surface area contributed by atoms with Crippen molar-refractivity contribution in [3.63, 3.8) is 0 Å². The van der Waals surface area contributed by atoms with Crippen molar-refractivity contribution >= 4 is 30.4 Å². The minimum Gasteiger partial charge on any atom is -0.306 e. The van der Waals surface area contributed by atoms with Crippen LogP contribution in [-0.4, -0.2) is 6.61 Å². The molecule has 0 aromatic carbocycles. The van der Waals surface area contributed by atoms with Gasteiger partial charge in [-0.25, -0.2) is 0 Å². The summed E-state index contributed by atoms with van der Waals surface area (Å²) in [4.78, 5) is 0. The van der Waals surface area contributed by atoms with Crippen molar-refractivity contribution < 1.29 is 4.18 Å². The third-order valence-corrected chi connectivity index (χ3v) is 1.25. The van der Waals surface area contributed by atoms with Crippen LogP contribution in [0.2, 0.25) is 0 Å². The maximum Gasteiger partial charge on any atom is 0.0650 e. The van der Waals surface area contributed by atoms with E-state index in [1.54, 1.807) is 0 Å². The van der Waals surface area contributed by atoms with Crippen molar-refractivity contribution in [2.45, 2.75) is 6.92 Å². The first-order chi connectivity index (χ1) is 2.41. The van der Waals surface area contributed by atoms with Gasteiger partial charge >= 0.3 is 0 Å². The van der Waals surface area contributed by atoms with E-state index in [2.05, 4.69) is 21.2 Å². The van der Waals surface area contributed by atoms with Crippen LogP contribution in [0.4, 0.5) is 0 Å². The lowest BCUT2D eigenvalue weighted by atomic mass is 10.9. The Hall–Kier alpha value is 1.04. The number of hydrogen-bond acceptors (Lipinski definition) is 2. The first kappa shape index (κ1) is 6.04. The topological polar surface area (TPSA) is 9.23 Å². The first-order valence-corrected chi connectivity index (χ1v) is 4.60. The first-order valence-electron chi connectivity index (χ1n) is 1.32. The van der Waals surface area contributed by atoms with E-state index in [-0.39, 0.29) is 0 Å². The van der Waals surface area contributed by atoms with Gasteiger partial charge in [0.05, 0.1) is 15.8 Å². The maximum absolute atomic E-state index is 4.74. The van der Waals surface area contributed by atoms with E-state index in [1.807, 2.05) is 6.92 Å². The number of rotatable bonds is 2. The molecule has 0 aliphatic heterocycles. The van der Waals surface area contributed by atoms with Crippen LogP contribution >= 0.6 is 30.4 Å². The lowest BCUT2D eigenvalue weighted by molar-refractivity contribution is 0.409. The molecule has 0 heterocycles. The molecule has 0 rings (SSSR count). The summed E-state index contributed by atoms with van der Waals surface area (Å²) in [7, 11) is 1.37. The van der Waals surface area contributed by atoms with Gasteiger partial charge in [-0.05, 0) is 6.92 Å². The average molecular weight is 204 g/mol. The molecule has 0 aromatic rings.